The Morgan fingerprint density at radius 3 is 2.58 bits per heavy atom. The molecule has 1 aliphatic rings. The third-order valence-corrected chi connectivity index (χ3v) is 6.46. The van der Waals surface area contributed by atoms with Crippen LogP contribution in [0.15, 0.2) is 65.6 Å². The van der Waals surface area contributed by atoms with Gasteiger partial charge in [-0.25, -0.2) is 0 Å². The Labute approximate surface area is 198 Å². The third-order valence-electron chi connectivity index (χ3n) is 5.55. The van der Waals surface area contributed by atoms with E-state index in [9.17, 15) is 9.59 Å². The molecule has 1 aliphatic heterocycles. The molecule has 0 N–H and O–H groups in total. The minimum atomic E-state index is -0.282. The molecule has 2 amide bonds. The van der Waals surface area contributed by atoms with Crippen molar-refractivity contribution in [2.75, 3.05) is 6.61 Å². The van der Waals surface area contributed by atoms with E-state index in [-0.39, 0.29) is 23.8 Å². The smallest absolute Gasteiger partial charge is 0.293 e. The summed E-state index contributed by atoms with van der Waals surface area (Å²) in [5.41, 5.74) is 1.73. The highest BCUT2D eigenvalue weighted by atomic mass is 32.2. The van der Waals surface area contributed by atoms with Gasteiger partial charge in [0.15, 0.2) is 11.5 Å². The number of nitrogens with zero attached hydrogens (tertiary/aromatic N) is 1. The van der Waals surface area contributed by atoms with E-state index in [1.165, 1.54) is 4.90 Å². The van der Waals surface area contributed by atoms with Gasteiger partial charge in [0.1, 0.15) is 0 Å². The summed E-state index contributed by atoms with van der Waals surface area (Å²) < 4.78 is 11.7. The molecular formula is C27H27NO4S. The fraction of sp³-hybridized carbons (Fsp3) is 0.259. The quantitative estimate of drug-likeness (QED) is 0.351. The number of rotatable bonds is 8. The zero-order chi connectivity index (χ0) is 23.4. The number of fused-ring (bicyclic) bond motifs is 1. The molecule has 170 valence electrons. The topological polar surface area (TPSA) is 55.8 Å². The standard InChI is InChI=1S/C27H27NO4S/c1-4-18(3)32-23-14-13-19(15-24(23)31-5-2)16-25-26(29)28(27(30)33-25)17-21-11-8-10-20-9-6-7-12-22(20)21/h6-16,18H,4-5,17H2,1-3H3/b25-16-. The zero-order valence-electron chi connectivity index (χ0n) is 19.0. The first kappa shape index (κ1) is 22.9. The molecule has 0 bridgehead atoms. The number of carbonyl (C=O) groups excluding carboxylic acids is 2. The molecule has 1 heterocycles. The van der Waals surface area contributed by atoms with E-state index in [4.69, 9.17) is 9.47 Å². The summed E-state index contributed by atoms with van der Waals surface area (Å²) in [6.07, 6.45) is 2.70. The Bertz CT molecular complexity index is 1210. The monoisotopic (exact) mass is 461 g/mol. The molecule has 1 saturated heterocycles. The second-order valence-corrected chi connectivity index (χ2v) is 8.88. The summed E-state index contributed by atoms with van der Waals surface area (Å²) in [7, 11) is 0. The Balaban J connectivity index is 1.58. The average Bonchev–Trinajstić information content (AvgIpc) is 3.08. The first-order valence-electron chi connectivity index (χ1n) is 11.2. The molecule has 0 aliphatic carbocycles. The molecule has 0 aromatic heterocycles. The maximum Gasteiger partial charge on any atom is 0.293 e. The summed E-state index contributed by atoms with van der Waals surface area (Å²) in [5, 5.41) is 1.86. The van der Waals surface area contributed by atoms with Gasteiger partial charge in [0, 0.05) is 0 Å². The van der Waals surface area contributed by atoms with Gasteiger partial charge in [-0.1, -0.05) is 55.5 Å². The highest BCUT2D eigenvalue weighted by Crippen LogP contribution is 2.36. The summed E-state index contributed by atoms with van der Waals surface area (Å²) in [6.45, 7) is 6.73. The van der Waals surface area contributed by atoms with Gasteiger partial charge in [0.2, 0.25) is 0 Å². The normalized spacial score (nSPS) is 16.0. The fourth-order valence-electron chi connectivity index (χ4n) is 3.67. The largest absolute Gasteiger partial charge is 0.490 e. The van der Waals surface area contributed by atoms with Crippen molar-refractivity contribution in [3.05, 3.63) is 76.7 Å². The van der Waals surface area contributed by atoms with Crippen LogP contribution in [0.2, 0.25) is 0 Å². The minimum absolute atomic E-state index is 0.0700. The van der Waals surface area contributed by atoms with E-state index in [2.05, 4.69) is 6.92 Å². The lowest BCUT2D eigenvalue weighted by molar-refractivity contribution is -0.123. The van der Waals surface area contributed by atoms with Crippen LogP contribution in [-0.2, 0) is 11.3 Å². The number of thioether (sulfide) groups is 1. The second kappa shape index (κ2) is 10.1. The molecule has 6 heteroatoms. The molecule has 4 rings (SSSR count). The lowest BCUT2D eigenvalue weighted by Gasteiger charge is -2.16. The minimum Gasteiger partial charge on any atom is -0.490 e. The van der Waals surface area contributed by atoms with Gasteiger partial charge < -0.3 is 9.47 Å². The highest BCUT2D eigenvalue weighted by molar-refractivity contribution is 8.18. The van der Waals surface area contributed by atoms with Crippen LogP contribution >= 0.6 is 11.8 Å². The first-order chi connectivity index (χ1) is 16.0. The van der Waals surface area contributed by atoms with Crippen molar-refractivity contribution in [2.24, 2.45) is 0 Å². The predicted octanol–water partition coefficient (Wildman–Crippen LogP) is 6.65. The maximum atomic E-state index is 13.1. The third kappa shape index (κ3) is 5.06. The van der Waals surface area contributed by atoms with Gasteiger partial charge in [-0.05, 0) is 72.1 Å². The molecule has 0 spiro atoms. The van der Waals surface area contributed by atoms with Gasteiger partial charge in [-0.3, -0.25) is 14.5 Å². The summed E-state index contributed by atoms with van der Waals surface area (Å²) in [5.74, 6) is 1.02. The number of benzene rings is 3. The molecule has 5 nitrogen and oxygen atoms in total. The van der Waals surface area contributed by atoms with Crippen LogP contribution < -0.4 is 9.47 Å². The van der Waals surface area contributed by atoms with E-state index >= 15 is 0 Å². The van der Waals surface area contributed by atoms with E-state index in [0.29, 0.717) is 23.0 Å². The maximum absolute atomic E-state index is 13.1. The summed E-state index contributed by atoms with van der Waals surface area (Å²) in [4.78, 5) is 27.5. The number of amides is 2. The van der Waals surface area contributed by atoms with Crippen molar-refractivity contribution in [1.82, 2.24) is 4.90 Å². The van der Waals surface area contributed by atoms with Gasteiger partial charge in [-0.15, -0.1) is 0 Å². The van der Waals surface area contributed by atoms with Crippen LogP contribution in [0.3, 0.4) is 0 Å². The van der Waals surface area contributed by atoms with Gasteiger partial charge in [-0.2, -0.15) is 0 Å². The Kier molecular flexibility index (Phi) is 7.04. The van der Waals surface area contributed by atoms with Crippen LogP contribution in [0.5, 0.6) is 11.5 Å². The van der Waals surface area contributed by atoms with Crippen molar-refractivity contribution >= 4 is 39.8 Å². The van der Waals surface area contributed by atoms with Gasteiger partial charge >= 0.3 is 0 Å². The molecule has 1 atom stereocenters. The van der Waals surface area contributed by atoms with Crippen LogP contribution in [-0.4, -0.2) is 28.8 Å². The number of hydrogen-bond donors (Lipinski definition) is 0. The summed E-state index contributed by atoms with van der Waals surface area (Å²) in [6, 6.07) is 19.5. The number of ether oxygens (including phenoxy) is 2. The average molecular weight is 462 g/mol. The van der Waals surface area contributed by atoms with Crippen molar-refractivity contribution < 1.29 is 19.1 Å². The number of hydrogen-bond acceptors (Lipinski definition) is 5. The van der Waals surface area contributed by atoms with Gasteiger partial charge in [0.25, 0.3) is 11.1 Å². The van der Waals surface area contributed by atoms with Crippen LogP contribution in [0.1, 0.15) is 38.3 Å². The van der Waals surface area contributed by atoms with Crippen molar-refractivity contribution in [1.29, 1.82) is 0 Å². The predicted molar refractivity (Wildman–Crippen MR) is 133 cm³/mol. The molecule has 33 heavy (non-hydrogen) atoms. The van der Waals surface area contributed by atoms with Crippen molar-refractivity contribution in [3.8, 4) is 11.5 Å². The molecular weight excluding hydrogens is 434 g/mol. The Morgan fingerprint density at radius 2 is 1.79 bits per heavy atom. The van der Waals surface area contributed by atoms with E-state index in [0.717, 1.165) is 40.1 Å². The molecule has 1 unspecified atom stereocenters. The Hall–Kier alpha value is -3.25. The second-order valence-electron chi connectivity index (χ2n) is 7.88. The molecule has 3 aromatic carbocycles. The highest BCUT2D eigenvalue weighted by Gasteiger charge is 2.35. The van der Waals surface area contributed by atoms with E-state index < -0.39 is 0 Å². The SMILES string of the molecule is CCOc1cc(/C=C2\SC(=O)N(Cc3cccc4ccccc34)C2=O)ccc1OC(C)CC. The summed E-state index contributed by atoms with van der Waals surface area (Å²) >= 11 is 0.965. The Morgan fingerprint density at radius 1 is 1.00 bits per heavy atom. The van der Waals surface area contributed by atoms with Crippen molar-refractivity contribution in [2.45, 2.75) is 39.8 Å². The molecule has 0 saturated carbocycles. The van der Waals surface area contributed by atoms with Crippen LogP contribution in [0.4, 0.5) is 4.79 Å². The number of carbonyl (C=O) groups is 2. The fourth-order valence-corrected chi connectivity index (χ4v) is 4.51. The van der Waals surface area contributed by atoms with E-state index in [1.807, 2.05) is 74.5 Å². The zero-order valence-corrected chi connectivity index (χ0v) is 19.9. The molecule has 1 fully saturated rings. The molecule has 0 radical (unpaired) electrons. The first-order valence-corrected chi connectivity index (χ1v) is 12.0. The van der Waals surface area contributed by atoms with E-state index in [1.54, 1.807) is 6.08 Å². The molecule has 3 aromatic rings. The van der Waals surface area contributed by atoms with Gasteiger partial charge in [0.05, 0.1) is 24.2 Å². The van der Waals surface area contributed by atoms with Crippen molar-refractivity contribution in [3.63, 3.8) is 0 Å². The van der Waals surface area contributed by atoms with Crippen LogP contribution in [0.25, 0.3) is 16.8 Å². The lowest BCUT2D eigenvalue weighted by atomic mass is 10.0. The van der Waals surface area contributed by atoms with Crippen LogP contribution in [0, 0.1) is 0 Å². The lowest BCUT2D eigenvalue weighted by Crippen LogP contribution is -2.27. The number of imide groups is 1.